The van der Waals surface area contributed by atoms with Crippen molar-refractivity contribution in [3.63, 3.8) is 0 Å². The molecule has 1 atom stereocenters. The van der Waals surface area contributed by atoms with Gasteiger partial charge in [0.05, 0.1) is 30.7 Å². The summed E-state index contributed by atoms with van der Waals surface area (Å²) >= 11 is 5.98. The van der Waals surface area contributed by atoms with Gasteiger partial charge < -0.3 is 10.0 Å². The smallest absolute Gasteiger partial charge is 0.284 e. The van der Waals surface area contributed by atoms with Gasteiger partial charge in [-0.1, -0.05) is 23.7 Å². The summed E-state index contributed by atoms with van der Waals surface area (Å²) in [5.74, 6) is -0.401. The van der Waals surface area contributed by atoms with Crippen LogP contribution in [0.5, 0.6) is 0 Å². The second-order valence-electron chi connectivity index (χ2n) is 7.02. The number of hydrogen-bond donors (Lipinski definition) is 1. The summed E-state index contributed by atoms with van der Waals surface area (Å²) in [6, 6.07) is 8.24. The van der Waals surface area contributed by atoms with Crippen molar-refractivity contribution in [1.82, 2.24) is 24.5 Å². The number of carbonyl (C=O) groups excluding carboxylic acids is 1. The van der Waals surface area contributed by atoms with E-state index < -0.39 is 11.5 Å². The van der Waals surface area contributed by atoms with E-state index in [1.165, 1.54) is 16.9 Å². The summed E-state index contributed by atoms with van der Waals surface area (Å²) in [6.45, 7) is 0.382. The van der Waals surface area contributed by atoms with Gasteiger partial charge in [-0.2, -0.15) is 14.9 Å². The molecule has 29 heavy (non-hydrogen) atoms. The van der Waals surface area contributed by atoms with Crippen molar-refractivity contribution in [1.29, 1.82) is 0 Å². The maximum atomic E-state index is 13.2. The number of carbonyl (C=O) groups is 1. The molecular formula is C20H20ClN5O3. The average Bonchev–Trinajstić information content (AvgIpc) is 3.37. The summed E-state index contributed by atoms with van der Waals surface area (Å²) in [7, 11) is 1.74. The molecule has 1 amide bonds. The molecule has 0 spiro atoms. The molecule has 150 valence electrons. The SMILES string of the molecule is Cn1cc(-n2nc(-c3ccc(Cl)cc3)cc(C(=O)N3CCCC3CO)c2=O)cn1. The zero-order valence-electron chi connectivity index (χ0n) is 15.8. The van der Waals surface area contributed by atoms with Crippen LogP contribution in [0, 0.1) is 0 Å². The molecule has 8 nitrogen and oxygen atoms in total. The fraction of sp³-hybridized carbons (Fsp3) is 0.300. The van der Waals surface area contributed by atoms with Crippen molar-refractivity contribution in [2.45, 2.75) is 18.9 Å². The van der Waals surface area contributed by atoms with Crippen molar-refractivity contribution < 1.29 is 9.90 Å². The van der Waals surface area contributed by atoms with E-state index in [2.05, 4.69) is 10.2 Å². The molecule has 3 aromatic rings. The Kier molecular flexibility index (Phi) is 5.21. The van der Waals surface area contributed by atoms with Crippen LogP contribution in [0.3, 0.4) is 0 Å². The number of nitrogens with zero attached hydrogens (tertiary/aromatic N) is 5. The van der Waals surface area contributed by atoms with Crippen molar-refractivity contribution in [2.75, 3.05) is 13.2 Å². The van der Waals surface area contributed by atoms with E-state index in [4.69, 9.17) is 11.6 Å². The molecule has 1 aromatic carbocycles. The number of aliphatic hydroxyl groups is 1. The minimum absolute atomic E-state index is 0.00848. The average molecular weight is 414 g/mol. The minimum atomic E-state index is -0.524. The Hall–Kier alpha value is -2.97. The third kappa shape index (κ3) is 3.68. The van der Waals surface area contributed by atoms with E-state index in [-0.39, 0.29) is 18.2 Å². The molecule has 3 heterocycles. The van der Waals surface area contributed by atoms with Crippen molar-refractivity contribution in [3.8, 4) is 16.9 Å². The van der Waals surface area contributed by atoms with E-state index >= 15 is 0 Å². The van der Waals surface area contributed by atoms with Crippen LogP contribution in [0.1, 0.15) is 23.2 Å². The van der Waals surface area contributed by atoms with Gasteiger partial charge in [0.25, 0.3) is 11.5 Å². The lowest BCUT2D eigenvalue weighted by atomic mass is 10.1. The molecule has 1 aliphatic heterocycles. The number of amides is 1. The first-order chi connectivity index (χ1) is 14.0. The van der Waals surface area contributed by atoms with Gasteiger partial charge in [0.1, 0.15) is 11.3 Å². The first kappa shape index (κ1) is 19.4. The predicted molar refractivity (Wildman–Crippen MR) is 108 cm³/mol. The van der Waals surface area contributed by atoms with Gasteiger partial charge in [-0.05, 0) is 31.0 Å². The Morgan fingerprint density at radius 1 is 1.31 bits per heavy atom. The zero-order valence-corrected chi connectivity index (χ0v) is 16.6. The molecule has 1 saturated heterocycles. The lowest BCUT2D eigenvalue weighted by molar-refractivity contribution is 0.0675. The van der Waals surface area contributed by atoms with Gasteiger partial charge in [-0.3, -0.25) is 14.3 Å². The molecule has 9 heteroatoms. The molecule has 0 radical (unpaired) electrons. The quantitative estimate of drug-likeness (QED) is 0.705. The van der Waals surface area contributed by atoms with Crippen LogP contribution < -0.4 is 5.56 Å². The van der Waals surface area contributed by atoms with E-state index in [0.717, 1.165) is 12.0 Å². The Bertz CT molecular complexity index is 1110. The minimum Gasteiger partial charge on any atom is -0.394 e. The lowest BCUT2D eigenvalue weighted by Gasteiger charge is -2.23. The highest BCUT2D eigenvalue weighted by Gasteiger charge is 2.31. The third-order valence-electron chi connectivity index (χ3n) is 5.07. The first-order valence-corrected chi connectivity index (χ1v) is 9.67. The van der Waals surface area contributed by atoms with Gasteiger partial charge in [0.15, 0.2) is 0 Å². The normalized spacial score (nSPS) is 16.4. The maximum Gasteiger partial charge on any atom is 0.284 e. The monoisotopic (exact) mass is 413 g/mol. The summed E-state index contributed by atoms with van der Waals surface area (Å²) in [4.78, 5) is 27.9. The highest BCUT2D eigenvalue weighted by atomic mass is 35.5. The van der Waals surface area contributed by atoms with Gasteiger partial charge in [-0.15, -0.1) is 0 Å². The Labute approximate surface area is 171 Å². The Balaban J connectivity index is 1.87. The molecule has 0 aliphatic carbocycles. The number of rotatable bonds is 4. The zero-order chi connectivity index (χ0) is 20.5. The first-order valence-electron chi connectivity index (χ1n) is 9.29. The molecule has 1 fully saturated rings. The molecule has 0 bridgehead atoms. The summed E-state index contributed by atoms with van der Waals surface area (Å²) in [6.07, 6.45) is 4.68. The Morgan fingerprint density at radius 3 is 2.72 bits per heavy atom. The number of aryl methyl sites for hydroxylation is 1. The van der Waals surface area contributed by atoms with Gasteiger partial charge >= 0.3 is 0 Å². The van der Waals surface area contributed by atoms with Crippen molar-refractivity contribution in [3.05, 3.63) is 63.7 Å². The van der Waals surface area contributed by atoms with Crippen LogP contribution in [0.4, 0.5) is 0 Å². The lowest BCUT2D eigenvalue weighted by Crippen LogP contribution is -2.41. The molecular weight excluding hydrogens is 394 g/mol. The topological polar surface area (TPSA) is 93.3 Å². The maximum absolute atomic E-state index is 13.2. The van der Waals surface area contributed by atoms with Crippen LogP contribution in [-0.4, -0.2) is 54.7 Å². The summed E-state index contributed by atoms with van der Waals surface area (Å²) < 4.78 is 2.75. The number of likely N-dealkylation sites (tertiary alicyclic amines) is 1. The molecule has 0 saturated carbocycles. The van der Waals surface area contributed by atoms with Crippen LogP contribution in [0.15, 0.2) is 47.5 Å². The fourth-order valence-corrected chi connectivity index (χ4v) is 3.68. The standard InChI is InChI=1S/C20H20ClN5O3/c1-24-11-16(10-22-24)26-20(29)17(19(28)25-8-2-3-15(25)12-27)9-18(23-26)13-4-6-14(21)7-5-13/h4-7,9-11,15,27H,2-3,8,12H2,1H3. The molecule has 4 rings (SSSR count). The fourth-order valence-electron chi connectivity index (χ4n) is 3.55. The van der Waals surface area contributed by atoms with E-state index in [9.17, 15) is 14.7 Å². The molecule has 1 unspecified atom stereocenters. The van der Waals surface area contributed by atoms with Crippen LogP contribution in [-0.2, 0) is 7.05 Å². The predicted octanol–water partition coefficient (Wildman–Crippen LogP) is 1.88. The molecule has 2 aromatic heterocycles. The van der Waals surface area contributed by atoms with E-state index in [1.807, 2.05) is 0 Å². The summed E-state index contributed by atoms with van der Waals surface area (Å²) in [5.41, 5.74) is 1.13. The van der Waals surface area contributed by atoms with Crippen molar-refractivity contribution >= 4 is 17.5 Å². The number of aromatic nitrogens is 4. The van der Waals surface area contributed by atoms with Crippen LogP contribution in [0.2, 0.25) is 5.02 Å². The van der Waals surface area contributed by atoms with Crippen LogP contribution in [0.25, 0.3) is 16.9 Å². The largest absolute Gasteiger partial charge is 0.394 e. The molecule has 1 aliphatic rings. The number of aliphatic hydroxyl groups excluding tert-OH is 1. The number of hydrogen-bond acceptors (Lipinski definition) is 5. The van der Waals surface area contributed by atoms with Crippen molar-refractivity contribution in [2.24, 2.45) is 7.05 Å². The number of benzene rings is 1. The Morgan fingerprint density at radius 2 is 2.07 bits per heavy atom. The van der Waals surface area contributed by atoms with Gasteiger partial charge in [0.2, 0.25) is 0 Å². The third-order valence-corrected chi connectivity index (χ3v) is 5.32. The highest BCUT2D eigenvalue weighted by molar-refractivity contribution is 6.30. The molecule has 1 N–H and O–H groups in total. The summed E-state index contributed by atoms with van der Waals surface area (Å²) in [5, 5.41) is 18.7. The van der Waals surface area contributed by atoms with E-state index in [1.54, 1.807) is 47.1 Å². The number of halogens is 1. The highest BCUT2D eigenvalue weighted by Crippen LogP contribution is 2.23. The second-order valence-corrected chi connectivity index (χ2v) is 7.45. The van der Waals surface area contributed by atoms with E-state index in [0.29, 0.717) is 29.4 Å². The second kappa shape index (κ2) is 7.81. The van der Waals surface area contributed by atoms with Crippen LogP contribution >= 0.6 is 11.6 Å². The van der Waals surface area contributed by atoms with Gasteiger partial charge in [0, 0.05) is 24.2 Å². The van der Waals surface area contributed by atoms with Gasteiger partial charge in [-0.25, -0.2) is 0 Å².